The van der Waals surface area contributed by atoms with Crippen LogP contribution in [-0.4, -0.2) is 41.3 Å². The Morgan fingerprint density at radius 1 is 0.742 bits per heavy atom. The van der Waals surface area contributed by atoms with Crippen LogP contribution in [0.15, 0.2) is 93.8 Å². The summed E-state index contributed by atoms with van der Waals surface area (Å²) < 4.78 is 7.25. The second kappa shape index (κ2) is 9.04. The Hall–Kier alpha value is -2.96. The molecule has 6 heteroatoms. The van der Waals surface area contributed by atoms with Gasteiger partial charge in [0.05, 0.1) is 0 Å². The van der Waals surface area contributed by atoms with Crippen molar-refractivity contribution in [2.45, 2.75) is 6.04 Å². The van der Waals surface area contributed by atoms with E-state index in [2.05, 4.69) is 90.5 Å². The molecule has 31 heavy (non-hydrogen) atoms. The minimum Gasteiger partial charge on any atom is -0.419 e. The van der Waals surface area contributed by atoms with Crippen LogP contribution in [0.1, 0.15) is 17.5 Å². The zero-order chi connectivity index (χ0) is 21.0. The van der Waals surface area contributed by atoms with E-state index in [1.807, 2.05) is 30.3 Å². The molecule has 0 radical (unpaired) electrons. The fourth-order valence-corrected chi connectivity index (χ4v) is 4.34. The van der Waals surface area contributed by atoms with Gasteiger partial charge in [0, 0.05) is 41.9 Å². The van der Waals surface area contributed by atoms with Gasteiger partial charge in [0.25, 0.3) is 0 Å². The molecule has 0 N–H and O–H groups in total. The van der Waals surface area contributed by atoms with Crippen molar-refractivity contribution in [1.29, 1.82) is 0 Å². The van der Waals surface area contributed by atoms with E-state index in [0.717, 1.165) is 41.8 Å². The van der Waals surface area contributed by atoms with Crippen molar-refractivity contribution in [1.82, 2.24) is 15.1 Å². The number of benzene rings is 3. The normalized spacial score (nSPS) is 15.7. The van der Waals surface area contributed by atoms with Gasteiger partial charge in [-0.25, -0.2) is 0 Å². The van der Waals surface area contributed by atoms with Crippen molar-refractivity contribution < 1.29 is 4.42 Å². The fraction of sp³-hybridized carbons (Fsp3) is 0.200. The maximum atomic E-state index is 6.19. The fourth-order valence-electron chi connectivity index (χ4n) is 4.07. The first-order valence-corrected chi connectivity index (χ1v) is 11.3. The molecule has 0 spiro atoms. The third-order valence-electron chi connectivity index (χ3n) is 5.68. The van der Waals surface area contributed by atoms with Gasteiger partial charge in [-0.3, -0.25) is 4.90 Å². The minimum absolute atomic E-state index is 0.0732. The number of aromatic nitrogens is 2. The molecule has 4 aromatic rings. The summed E-state index contributed by atoms with van der Waals surface area (Å²) in [5.74, 6) is 1.19. The minimum atomic E-state index is -0.0732. The Morgan fingerprint density at radius 3 is 2.06 bits per heavy atom. The molecule has 0 bridgehead atoms. The van der Waals surface area contributed by atoms with Crippen molar-refractivity contribution in [2.75, 3.05) is 31.1 Å². The SMILES string of the molecule is Brc1ccc(C(c2nnc(-c3ccccc3)o2)N2CCN(c3ccccc3)CC2)cc1. The number of piperazine rings is 1. The Bertz CT molecular complexity index is 1110. The molecule has 1 fully saturated rings. The number of anilines is 1. The van der Waals surface area contributed by atoms with Crippen molar-refractivity contribution >= 4 is 21.6 Å². The summed E-state index contributed by atoms with van der Waals surface area (Å²) in [6, 6.07) is 28.8. The van der Waals surface area contributed by atoms with E-state index in [-0.39, 0.29) is 6.04 Å². The molecule has 1 saturated heterocycles. The average molecular weight is 475 g/mol. The molecule has 1 atom stereocenters. The van der Waals surface area contributed by atoms with Crippen LogP contribution in [0.2, 0.25) is 0 Å². The molecule has 3 aromatic carbocycles. The van der Waals surface area contributed by atoms with Crippen LogP contribution >= 0.6 is 15.9 Å². The third-order valence-corrected chi connectivity index (χ3v) is 6.21. The van der Waals surface area contributed by atoms with Crippen molar-refractivity contribution in [3.05, 3.63) is 101 Å². The van der Waals surface area contributed by atoms with Gasteiger partial charge in [-0.05, 0) is 42.0 Å². The molecule has 2 heterocycles. The second-order valence-corrected chi connectivity index (χ2v) is 8.54. The highest BCUT2D eigenvalue weighted by molar-refractivity contribution is 9.10. The van der Waals surface area contributed by atoms with Gasteiger partial charge in [0.2, 0.25) is 11.8 Å². The molecule has 1 aromatic heterocycles. The Balaban J connectivity index is 1.42. The van der Waals surface area contributed by atoms with Gasteiger partial charge in [-0.1, -0.05) is 64.5 Å². The predicted molar refractivity (Wildman–Crippen MR) is 126 cm³/mol. The van der Waals surface area contributed by atoms with Crippen LogP contribution in [0, 0.1) is 0 Å². The summed E-state index contributed by atoms with van der Waals surface area (Å²) in [6.07, 6.45) is 0. The molecule has 5 nitrogen and oxygen atoms in total. The molecule has 156 valence electrons. The topological polar surface area (TPSA) is 45.4 Å². The average Bonchev–Trinajstić information content (AvgIpc) is 3.32. The molecule has 1 aliphatic heterocycles. The summed E-state index contributed by atoms with van der Waals surface area (Å²) in [5.41, 5.74) is 3.36. The predicted octanol–water partition coefficient (Wildman–Crippen LogP) is 5.41. The van der Waals surface area contributed by atoms with Crippen LogP contribution in [0.25, 0.3) is 11.5 Å². The lowest BCUT2D eigenvalue weighted by molar-refractivity contribution is 0.188. The van der Waals surface area contributed by atoms with Crippen LogP contribution < -0.4 is 4.90 Å². The summed E-state index contributed by atoms with van der Waals surface area (Å²) in [6.45, 7) is 3.74. The number of rotatable bonds is 5. The highest BCUT2D eigenvalue weighted by Gasteiger charge is 2.30. The Morgan fingerprint density at radius 2 is 1.39 bits per heavy atom. The van der Waals surface area contributed by atoms with Crippen molar-refractivity contribution in [3.63, 3.8) is 0 Å². The van der Waals surface area contributed by atoms with Gasteiger partial charge in [-0.2, -0.15) is 0 Å². The van der Waals surface area contributed by atoms with Gasteiger partial charge in [0.15, 0.2) is 0 Å². The lowest BCUT2D eigenvalue weighted by atomic mass is 10.0. The van der Waals surface area contributed by atoms with Gasteiger partial charge in [-0.15, -0.1) is 10.2 Å². The zero-order valence-corrected chi connectivity index (χ0v) is 18.6. The largest absolute Gasteiger partial charge is 0.419 e. The Labute approximate surface area is 190 Å². The van der Waals surface area contributed by atoms with E-state index < -0.39 is 0 Å². The first-order chi connectivity index (χ1) is 15.3. The van der Waals surface area contributed by atoms with Gasteiger partial charge >= 0.3 is 0 Å². The van der Waals surface area contributed by atoms with E-state index in [1.165, 1.54) is 5.69 Å². The van der Waals surface area contributed by atoms with Crippen LogP contribution in [0.4, 0.5) is 5.69 Å². The summed E-state index contributed by atoms with van der Waals surface area (Å²) in [4.78, 5) is 4.86. The quantitative estimate of drug-likeness (QED) is 0.386. The number of nitrogens with zero attached hydrogens (tertiary/aromatic N) is 4. The zero-order valence-electron chi connectivity index (χ0n) is 17.1. The third kappa shape index (κ3) is 4.40. The molecule has 1 unspecified atom stereocenters. The maximum Gasteiger partial charge on any atom is 0.247 e. The van der Waals surface area contributed by atoms with Crippen molar-refractivity contribution in [2.24, 2.45) is 0 Å². The number of hydrogen-bond donors (Lipinski definition) is 0. The van der Waals surface area contributed by atoms with E-state index in [0.29, 0.717) is 11.8 Å². The first kappa shape index (κ1) is 20.0. The van der Waals surface area contributed by atoms with E-state index >= 15 is 0 Å². The summed E-state index contributed by atoms with van der Waals surface area (Å²) in [5, 5.41) is 8.81. The standard InChI is InChI=1S/C25H23BrN4O/c26-21-13-11-19(12-14-21)23(25-28-27-24(31-25)20-7-3-1-4-8-20)30-17-15-29(16-18-30)22-9-5-2-6-10-22/h1-14,23H,15-18H2. The smallest absolute Gasteiger partial charge is 0.247 e. The van der Waals surface area contributed by atoms with Gasteiger partial charge in [0.1, 0.15) is 6.04 Å². The molecular weight excluding hydrogens is 452 g/mol. The molecule has 0 amide bonds. The number of para-hydroxylation sites is 1. The molecule has 1 aliphatic rings. The molecule has 0 saturated carbocycles. The Kier molecular flexibility index (Phi) is 5.82. The van der Waals surface area contributed by atoms with E-state index in [4.69, 9.17) is 4.42 Å². The lowest BCUT2D eigenvalue weighted by Crippen LogP contribution is -2.48. The molecule has 5 rings (SSSR count). The lowest BCUT2D eigenvalue weighted by Gasteiger charge is -2.39. The highest BCUT2D eigenvalue weighted by Crippen LogP contribution is 2.32. The van der Waals surface area contributed by atoms with E-state index in [9.17, 15) is 0 Å². The number of halogens is 1. The first-order valence-electron chi connectivity index (χ1n) is 10.5. The van der Waals surface area contributed by atoms with Crippen molar-refractivity contribution in [3.8, 4) is 11.5 Å². The van der Waals surface area contributed by atoms with E-state index in [1.54, 1.807) is 0 Å². The van der Waals surface area contributed by atoms with Crippen LogP contribution in [-0.2, 0) is 0 Å². The molecule has 0 aliphatic carbocycles. The van der Waals surface area contributed by atoms with Gasteiger partial charge < -0.3 is 9.32 Å². The number of hydrogen-bond acceptors (Lipinski definition) is 5. The maximum absolute atomic E-state index is 6.19. The summed E-state index contributed by atoms with van der Waals surface area (Å²) >= 11 is 3.54. The van der Waals surface area contributed by atoms with Crippen LogP contribution in [0.5, 0.6) is 0 Å². The summed E-state index contributed by atoms with van der Waals surface area (Å²) in [7, 11) is 0. The molecular formula is C25H23BrN4O. The van der Waals surface area contributed by atoms with Crippen LogP contribution in [0.3, 0.4) is 0 Å². The monoisotopic (exact) mass is 474 g/mol. The second-order valence-electron chi connectivity index (χ2n) is 7.62. The highest BCUT2D eigenvalue weighted by atomic mass is 79.9.